The van der Waals surface area contributed by atoms with Gasteiger partial charge in [-0.15, -0.1) is 0 Å². The molecule has 1 amide bonds. The van der Waals surface area contributed by atoms with Gasteiger partial charge in [0, 0.05) is 31.6 Å². The van der Waals surface area contributed by atoms with E-state index in [0.717, 1.165) is 39.0 Å². The zero-order valence-corrected chi connectivity index (χ0v) is 14.0. The van der Waals surface area contributed by atoms with Crippen molar-refractivity contribution in [1.82, 2.24) is 9.80 Å². The Morgan fingerprint density at radius 1 is 1.35 bits per heavy atom. The molecule has 0 aliphatic carbocycles. The van der Waals surface area contributed by atoms with Crippen molar-refractivity contribution in [3.63, 3.8) is 0 Å². The Morgan fingerprint density at radius 3 is 2.45 bits per heavy atom. The lowest BCUT2D eigenvalue weighted by atomic mass is 9.87. The third-order valence-electron chi connectivity index (χ3n) is 4.16. The minimum Gasteiger partial charge on any atom is -0.341 e. The van der Waals surface area contributed by atoms with Crippen LogP contribution in [0.2, 0.25) is 0 Å². The second-order valence-corrected chi connectivity index (χ2v) is 7.23. The first-order valence-corrected chi connectivity index (χ1v) is 8.04. The smallest absolute Gasteiger partial charge is 0.224 e. The molecule has 1 heterocycles. The molecule has 0 spiro atoms. The van der Waals surface area contributed by atoms with Crippen molar-refractivity contribution < 1.29 is 4.79 Å². The average Bonchev–Trinajstić information content (AvgIpc) is 2.77. The Hall–Kier alpha value is -0.610. The molecule has 2 atom stereocenters. The summed E-state index contributed by atoms with van der Waals surface area (Å²) in [5.41, 5.74) is 6.31. The fourth-order valence-electron chi connectivity index (χ4n) is 3.22. The summed E-state index contributed by atoms with van der Waals surface area (Å²) in [7, 11) is 0. The molecule has 4 heteroatoms. The van der Waals surface area contributed by atoms with Crippen LogP contribution in [-0.2, 0) is 4.79 Å². The molecule has 1 aliphatic heterocycles. The molecule has 0 radical (unpaired) electrons. The van der Waals surface area contributed by atoms with Crippen molar-refractivity contribution >= 4 is 5.91 Å². The monoisotopic (exact) mass is 283 g/mol. The van der Waals surface area contributed by atoms with Gasteiger partial charge in [-0.3, -0.25) is 9.69 Å². The molecular formula is C16H33N3O. The summed E-state index contributed by atoms with van der Waals surface area (Å²) in [6, 6.07) is 0.516. The average molecular weight is 283 g/mol. The maximum Gasteiger partial charge on any atom is 0.224 e. The second kappa shape index (κ2) is 7.41. The summed E-state index contributed by atoms with van der Waals surface area (Å²) in [5.74, 6) is 0.233. The molecule has 1 aliphatic rings. The molecule has 0 bridgehead atoms. The van der Waals surface area contributed by atoms with Gasteiger partial charge in [-0.05, 0) is 31.3 Å². The molecule has 0 aromatic carbocycles. The van der Waals surface area contributed by atoms with Gasteiger partial charge in [0.1, 0.15) is 0 Å². The van der Waals surface area contributed by atoms with Crippen LogP contribution >= 0.6 is 0 Å². The summed E-state index contributed by atoms with van der Waals surface area (Å²) in [6.07, 6.45) is 2.48. The highest BCUT2D eigenvalue weighted by molar-refractivity contribution is 5.77. The molecule has 1 fully saturated rings. The van der Waals surface area contributed by atoms with Gasteiger partial charge in [-0.2, -0.15) is 0 Å². The van der Waals surface area contributed by atoms with Crippen molar-refractivity contribution in [3.05, 3.63) is 0 Å². The Balaban J connectivity index is 2.42. The van der Waals surface area contributed by atoms with E-state index in [9.17, 15) is 4.79 Å². The van der Waals surface area contributed by atoms with E-state index in [4.69, 9.17) is 5.73 Å². The molecule has 4 nitrogen and oxygen atoms in total. The lowest BCUT2D eigenvalue weighted by Gasteiger charge is -2.27. The van der Waals surface area contributed by atoms with Gasteiger partial charge >= 0.3 is 0 Å². The zero-order valence-electron chi connectivity index (χ0n) is 14.0. The van der Waals surface area contributed by atoms with E-state index < -0.39 is 0 Å². The number of nitrogens with zero attached hydrogens (tertiary/aromatic N) is 2. The minimum atomic E-state index is -0.0185. The van der Waals surface area contributed by atoms with E-state index >= 15 is 0 Å². The van der Waals surface area contributed by atoms with Crippen LogP contribution in [0, 0.1) is 5.41 Å². The quantitative estimate of drug-likeness (QED) is 0.812. The van der Waals surface area contributed by atoms with Crippen LogP contribution in [0.25, 0.3) is 0 Å². The lowest BCUT2D eigenvalue weighted by molar-refractivity contribution is -0.130. The first-order chi connectivity index (χ1) is 9.26. The first-order valence-electron chi connectivity index (χ1n) is 8.04. The summed E-state index contributed by atoms with van der Waals surface area (Å²) in [6.45, 7) is 14.8. The molecule has 20 heavy (non-hydrogen) atoms. The number of carbonyl (C=O) groups excluding carboxylic acids is 1. The van der Waals surface area contributed by atoms with E-state index in [0.29, 0.717) is 12.5 Å². The number of carbonyl (C=O) groups is 1. The number of likely N-dealkylation sites (tertiary alicyclic amines) is 1. The van der Waals surface area contributed by atoms with Gasteiger partial charge in [-0.1, -0.05) is 34.6 Å². The Kier molecular flexibility index (Phi) is 6.46. The third-order valence-corrected chi connectivity index (χ3v) is 4.16. The first kappa shape index (κ1) is 17.4. The van der Waals surface area contributed by atoms with E-state index in [1.807, 2.05) is 4.90 Å². The molecule has 0 saturated carbocycles. The molecule has 2 N–H and O–H groups in total. The molecule has 1 rings (SSSR count). The largest absolute Gasteiger partial charge is 0.341 e. The number of likely N-dealkylation sites (N-methyl/N-ethyl adjacent to an activating group) is 1. The van der Waals surface area contributed by atoms with E-state index in [1.54, 1.807) is 0 Å². The van der Waals surface area contributed by atoms with Gasteiger partial charge in [-0.25, -0.2) is 0 Å². The van der Waals surface area contributed by atoms with Gasteiger partial charge in [0.2, 0.25) is 5.91 Å². The number of rotatable bonds is 6. The van der Waals surface area contributed by atoms with Crippen molar-refractivity contribution in [3.8, 4) is 0 Å². The Labute approximate surface area is 124 Å². The van der Waals surface area contributed by atoms with Crippen LogP contribution in [0.4, 0.5) is 0 Å². The number of nitrogens with two attached hydrogens (primary N) is 1. The van der Waals surface area contributed by atoms with Gasteiger partial charge in [0.15, 0.2) is 0 Å². The van der Waals surface area contributed by atoms with Crippen LogP contribution in [0.5, 0.6) is 0 Å². The van der Waals surface area contributed by atoms with Gasteiger partial charge < -0.3 is 10.6 Å². The van der Waals surface area contributed by atoms with Crippen LogP contribution < -0.4 is 5.73 Å². The molecule has 1 saturated heterocycles. The molecule has 0 aromatic heterocycles. The fourth-order valence-corrected chi connectivity index (χ4v) is 3.22. The van der Waals surface area contributed by atoms with Crippen molar-refractivity contribution in [1.29, 1.82) is 0 Å². The molecular weight excluding hydrogens is 250 g/mol. The molecule has 2 unspecified atom stereocenters. The SMILES string of the molecule is CCN(CC)C1CCN(C(=O)CC(N)CC(C)(C)C)C1. The molecule has 118 valence electrons. The summed E-state index contributed by atoms with van der Waals surface area (Å²) in [4.78, 5) is 16.8. The van der Waals surface area contributed by atoms with Crippen LogP contribution in [0.15, 0.2) is 0 Å². The summed E-state index contributed by atoms with van der Waals surface area (Å²) < 4.78 is 0. The van der Waals surface area contributed by atoms with E-state index in [-0.39, 0.29) is 17.4 Å². The zero-order chi connectivity index (χ0) is 15.3. The van der Waals surface area contributed by atoms with Gasteiger partial charge in [0.05, 0.1) is 0 Å². The van der Waals surface area contributed by atoms with Crippen molar-refractivity contribution in [2.75, 3.05) is 26.2 Å². The van der Waals surface area contributed by atoms with E-state index in [1.165, 1.54) is 0 Å². The van der Waals surface area contributed by atoms with Crippen LogP contribution in [0.3, 0.4) is 0 Å². The topological polar surface area (TPSA) is 49.6 Å². The Morgan fingerprint density at radius 2 is 1.95 bits per heavy atom. The van der Waals surface area contributed by atoms with Crippen LogP contribution in [0.1, 0.15) is 53.9 Å². The number of hydrogen-bond donors (Lipinski definition) is 1. The third kappa shape index (κ3) is 5.41. The number of amides is 1. The van der Waals surface area contributed by atoms with Crippen molar-refractivity contribution in [2.45, 2.75) is 66.0 Å². The predicted molar refractivity (Wildman–Crippen MR) is 84.6 cm³/mol. The summed E-state index contributed by atoms with van der Waals surface area (Å²) >= 11 is 0. The van der Waals surface area contributed by atoms with Crippen molar-refractivity contribution in [2.24, 2.45) is 11.1 Å². The normalized spacial score (nSPS) is 21.6. The van der Waals surface area contributed by atoms with E-state index in [2.05, 4.69) is 39.5 Å². The second-order valence-electron chi connectivity index (χ2n) is 7.23. The summed E-state index contributed by atoms with van der Waals surface area (Å²) in [5, 5.41) is 0. The van der Waals surface area contributed by atoms with Gasteiger partial charge in [0.25, 0.3) is 0 Å². The van der Waals surface area contributed by atoms with Crippen LogP contribution in [-0.4, -0.2) is 54.0 Å². The maximum absolute atomic E-state index is 12.3. The highest BCUT2D eigenvalue weighted by atomic mass is 16.2. The molecule has 0 aromatic rings. The highest BCUT2D eigenvalue weighted by Crippen LogP contribution is 2.22. The Bertz CT molecular complexity index is 307. The maximum atomic E-state index is 12.3. The minimum absolute atomic E-state index is 0.0185. The predicted octanol–water partition coefficient (Wildman–Crippen LogP) is 2.08. The number of hydrogen-bond acceptors (Lipinski definition) is 3. The lowest BCUT2D eigenvalue weighted by Crippen LogP contribution is -2.40. The highest BCUT2D eigenvalue weighted by Gasteiger charge is 2.30. The standard InChI is InChI=1S/C16H33N3O/c1-6-18(7-2)14-8-9-19(12-14)15(20)10-13(17)11-16(3,4)5/h13-14H,6-12,17H2,1-5H3. The fraction of sp³-hybridized carbons (Fsp3) is 0.938.